The summed E-state index contributed by atoms with van der Waals surface area (Å²) in [6.45, 7) is 6.69. The summed E-state index contributed by atoms with van der Waals surface area (Å²) in [5.41, 5.74) is 1.30. The Morgan fingerprint density at radius 1 is 1.26 bits per heavy atom. The van der Waals surface area contributed by atoms with Crippen LogP contribution in [0.1, 0.15) is 33.1 Å². The predicted molar refractivity (Wildman–Crippen MR) is 90.0 cm³/mol. The van der Waals surface area contributed by atoms with Gasteiger partial charge in [-0.1, -0.05) is 26.3 Å². The molecule has 19 heavy (non-hydrogen) atoms. The maximum Gasteiger partial charge on any atom is 0.0658 e. The van der Waals surface area contributed by atoms with Crippen LogP contribution in [0.5, 0.6) is 0 Å². The molecule has 2 unspecified atom stereocenters. The van der Waals surface area contributed by atoms with E-state index in [1.807, 2.05) is 0 Å². The molecule has 0 saturated carbocycles. The Labute approximate surface area is 133 Å². The van der Waals surface area contributed by atoms with Gasteiger partial charge in [0.2, 0.25) is 0 Å². The molecule has 2 atom stereocenters. The van der Waals surface area contributed by atoms with Crippen LogP contribution < -0.4 is 10.2 Å². The first-order valence-corrected chi connectivity index (χ1v) is 8.70. The predicted octanol–water partition coefficient (Wildman–Crippen LogP) is 4.57. The van der Waals surface area contributed by atoms with E-state index in [0.717, 1.165) is 13.1 Å². The molecule has 0 aliphatic carbocycles. The molecule has 1 aliphatic rings. The summed E-state index contributed by atoms with van der Waals surface area (Å²) in [4.78, 5) is 2.56. The fraction of sp³-hybridized carbons (Fsp3) is 0.600. The number of halogens is 2. The highest BCUT2D eigenvalue weighted by molar-refractivity contribution is 9.11. The Hall–Kier alpha value is -0.0600. The van der Waals surface area contributed by atoms with Crippen LogP contribution in [0.4, 0.5) is 5.69 Å². The van der Waals surface area contributed by atoms with E-state index in [2.05, 4.69) is 74.1 Å². The summed E-state index contributed by atoms with van der Waals surface area (Å²) in [6, 6.07) is 7.51. The Kier molecular flexibility index (Phi) is 5.72. The van der Waals surface area contributed by atoms with Crippen LogP contribution in [0.3, 0.4) is 0 Å². The molecule has 1 N–H and O–H groups in total. The first-order valence-electron chi connectivity index (χ1n) is 7.11. The molecule has 2 nitrogen and oxygen atoms in total. The van der Waals surface area contributed by atoms with E-state index in [1.165, 1.54) is 33.9 Å². The van der Waals surface area contributed by atoms with Gasteiger partial charge in [-0.2, -0.15) is 0 Å². The fourth-order valence-corrected chi connectivity index (χ4v) is 4.26. The standard InChI is InChI=1S/C15H22Br2N2/c1-3-6-11-10-19(12(4-2)9-18-11)15-13(16)7-5-8-14(15)17/h5,7-8,11-12,18H,3-4,6,9-10H2,1-2H3. The summed E-state index contributed by atoms with van der Waals surface area (Å²) in [6.07, 6.45) is 3.65. The number of anilines is 1. The number of piperazine rings is 1. The molecule has 106 valence electrons. The van der Waals surface area contributed by atoms with Crippen LogP contribution in [-0.4, -0.2) is 25.2 Å². The first kappa shape index (κ1) is 15.3. The monoisotopic (exact) mass is 388 g/mol. The van der Waals surface area contributed by atoms with Crippen molar-refractivity contribution in [2.24, 2.45) is 0 Å². The molecule has 0 spiro atoms. The second kappa shape index (κ2) is 7.09. The van der Waals surface area contributed by atoms with Crippen molar-refractivity contribution in [3.8, 4) is 0 Å². The highest BCUT2D eigenvalue weighted by Crippen LogP contribution is 2.36. The van der Waals surface area contributed by atoms with Gasteiger partial charge in [0.05, 0.1) is 5.69 Å². The summed E-state index contributed by atoms with van der Waals surface area (Å²) in [5, 5.41) is 3.69. The fourth-order valence-electron chi connectivity index (χ4n) is 2.81. The van der Waals surface area contributed by atoms with Crippen LogP contribution in [0.25, 0.3) is 0 Å². The minimum Gasteiger partial charge on any atom is -0.364 e. The molecule has 1 saturated heterocycles. The second-order valence-electron chi connectivity index (χ2n) is 5.18. The minimum atomic E-state index is 0.572. The molecule has 0 amide bonds. The zero-order valence-corrected chi connectivity index (χ0v) is 14.8. The van der Waals surface area contributed by atoms with E-state index in [1.54, 1.807) is 0 Å². The molecule has 1 aromatic rings. The third kappa shape index (κ3) is 3.53. The summed E-state index contributed by atoms with van der Waals surface area (Å²) in [7, 11) is 0. The first-order chi connectivity index (χ1) is 9.17. The van der Waals surface area contributed by atoms with Crippen molar-refractivity contribution >= 4 is 37.5 Å². The number of hydrogen-bond donors (Lipinski definition) is 1. The summed E-state index contributed by atoms with van der Waals surface area (Å²) >= 11 is 7.41. The van der Waals surface area contributed by atoms with Gasteiger partial charge in [0.25, 0.3) is 0 Å². The van der Waals surface area contributed by atoms with Crippen LogP contribution in [0, 0.1) is 0 Å². The van der Waals surface area contributed by atoms with Crippen LogP contribution >= 0.6 is 31.9 Å². The second-order valence-corrected chi connectivity index (χ2v) is 6.89. The lowest BCUT2D eigenvalue weighted by Gasteiger charge is -2.42. The number of nitrogens with zero attached hydrogens (tertiary/aromatic N) is 1. The lowest BCUT2D eigenvalue weighted by atomic mass is 10.0. The number of hydrogen-bond acceptors (Lipinski definition) is 2. The lowest BCUT2D eigenvalue weighted by Crippen LogP contribution is -2.56. The SMILES string of the molecule is CCCC1CN(c2c(Br)cccc2Br)C(CC)CN1. The van der Waals surface area contributed by atoms with Gasteiger partial charge < -0.3 is 10.2 Å². The van der Waals surface area contributed by atoms with Crippen molar-refractivity contribution in [2.75, 3.05) is 18.0 Å². The van der Waals surface area contributed by atoms with Crippen LogP contribution in [0.15, 0.2) is 27.1 Å². The van der Waals surface area contributed by atoms with Gasteiger partial charge >= 0.3 is 0 Å². The lowest BCUT2D eigenvalue weighted by molar-refractivity contribution is 0.368. The molecule has 0 bridgehead atoms. The normalized spacial score (nSPS) is 23.7. The Morgan fingerprint density at radius 2 is 1.95 bits per heavy atom. The average Bonchev–Trinajstić information content (AvgIpc) is 2.39. The third-order valence-electron chi connectivity index (χ3n) is 3.83. The average molecular weight is 390 g/mol. The molecular weight excluding hydrogens is 368 g/mol. The van der Waals surface area contributed by atoms with Crippen molar-refractivity contribution in [3.05, 3.63) is 27.1 Å². The van der Waals surface area contributed by atoms with Gasteiger partial charge in [0.15, 0.2) is 0 Å². The smallest absolute Gasteiger partial charge is 0.0658 e. The van der Waals surface area contributed by atoms with Gasteiger partial charge in [0.1, 0.15) is 0 Å². The van der Waals surface area contributed by atoms with E-state index in [4.69, 9.17) is 0 Å². The summed E-state index contributed by atoms with van der Waals surface area (Å²) < 4.78 is 2.36. The maximum absolute atomic E-state index is 3.71. The molecular formula is C15H22Br2N2. The van der Waals surface area contributed by atoms with E-state index >= 15 is 0 Å². The molecule has 2 rings (SSSR count). The van der Waals surface area contributed by atoms with Crippen molar-refractivity contribution in [1.29, 1.82) is 0 Å². The minimum absolute atomic E-state index is 0.572. The molecule has 1 heterocycles. The van der Waals surface area contributed by atoms with Gasteiger partial charge in [-0.05, 0) is 56.8 Å². The Morgan fingerprint density at radius 3 is 2.53 bits per heavy atom. The molecule has 1 aliphatic heterocycles. The van der Waals surface area contributed by atoms with Crippen molar-refractivity contribution < 1.29 is 0 Å². The molecule has 1 aromatic carbocycles. The van der Waals surface area contributed by atoms with Crippen LogP contribution in [0.2, 0.25) is 0 Å². The number of nitrogens with one attached hydrogen (secondary N) is 1. The van der Waals surface area contributed by atoms with E-state index in [-0.39, 0.29) is 0 Å². The van der Waals surface area contributed by atoms with Gasteiger partial charge in [-0.15, -0.1) is 0 Å². The number of para-hydroxylation sites is 1. The van der Waals surface area contributed by atoms with Crippen molar-refractivity contribution in [1.82, 2.24) is 5.32 Å². The van der Waals surface area contributed by atoms with Gasteiger partial charge in [-0.3, -0.25) is 0 Å². The van der Waals surface area contributed by atoms with Crippen molar-refractivity contribution in [2.45, 2.75) is 45.2 Å². The molecule has 0 radical (unpaired) electrons. The molecule has 0 aromatic heterocycles. The van der Waals surface area contributed by atoms with Gasteiger partial charge in [-0.25, -0.2) is 0 Å². The van der Waals surface area contributed by atoms with Crippen LogP contribution in [-0.2, 0) is 0 Å². The molecule has 1 fully saturated rings. The number of rotatable bonds is 4. The van der Waals surface area contributed by atoms with E-state index < -0.39 is 0 Å². The highest BCUT2D eigenvalue weighted by Gasteiger charge is 2.28. The molecule has 4 heteroatoms. The number of benzene rings is 1. The summed E-state index contributed by atoms with van der Waals surface area (Å²) in [5.74, 6) is 0. The zero-order chi connectivity index (χ0) is 13.8. The topological polar surface area (TPSA) is 15.3 Å². The largest absolute Gasteiger partial charge is 0.364 e. The maximum atomic E-state index is 3.71. The van der Waals surface area contributed by atoms with E-state index in [0.29, 0.717) is 12.1 Å². The van der Waals surface area contributed by atoms with E-state index in [9.17, 15) is 0 Å². The van der Waals surface area contributed by atoms with Crippen molar-refractivity contribution in [3.63, 3.8) is 0 Å². The van der Waals surface area contributed by atoms with Gasteiger partial charge in [0, 0.05) is 34.1 Å². The quantitative estimate of drug-likeness (QED) is 0.811. The zero-order valence-electron chi connectivity index (χ0n) is 11.6. The third-order valence-corrected chi connectivity index (χ3v) is 5.11. The Balaban J connectivity index is 2.27. The highest BCUT2D eigenvalue weighted by atomic mass is 79.9. The Bertz CT molecular complexity index is 402.